The molecule has 2 N–H and O–H groups in total. The van der Waals surface area contributed by atoms with Crippen molar-refractivity contribution < 1.29 is 9.53 Å². The van der Waals surface area contributed by atoms with Crippen LogP contribution in [0.3, 0.4) is 0 Å². The Balaban J connectivity index is 1.51. The van der Waals surface area contributed by atoms with Crippen molar-refractivity contribution in [1.29, 1.82) is 0 Å². The van der Waals surface area contributed by atoms with Gasteiger partial charge in [-0.1, -0.05) is 12.1 Å². The number of nitrogens with one attached hydrogen (secondary N) is 2. The number of anilines is 1. The zero-order valence-corrected chi connectivity index (χ0v) is 14.0. The summed E-state index contributed by atoms with van der Waals surface area (Å²) in [4.78, 5) is 16.5. The van der Waals surface area contributed by atoms with Crippen LogP contribution in [0, 0.1) is 6.92 Å². The number of rotatable bonds is 6. The lowest BCUT2D eigenvalue weighted by molar-refractivity contribution is -0.124. The predicted molar refractivity (Wildman–Crippen MR) is 91.4 cm³/mol. The second-order valence-corrected chi connectivity index (χ2v) is 6.71. The van der Waals surface area contributed by atoms with Gasteiger partial charge in [-0.05, 0) is 37.5 Å². The van der Waals surface area contributed by atoms with E-state index in [2.05, 4.69) is 21.0 Å². The third-order valence-electron chi connectivity index (χ3n) is 3.72. The van der Waals surface area contributed by atoms with E-state index in [-0.39, 0.29) is 12.0 Å². The molecular formula is C17H21N3O2S. The molecule has 23 heavy (non-hydrogen) atoms. The number of ether oxygens (including phenoxy) is 1. The van der Waals surface area contributed by atoms with Crippen LogP contribution >= 0.6 is 11.3 Å². The minimum Gasteiger partial charge on any atom is -0.368 e. The zero-order chi connectivity index (χ0) is 16.1. The Morgan fingerprint density at radius 2 is 2.35 bits per heavy atom. The molecule has 1 amide bonds. The molecule has 1 aromatic heterocycles. The molecule has 0 aliphatic carbocycles. The van der Waals surface area contributed by atoms with Gasteiger partial charge in [0.15, 0.2) is 0 Å². The van der Waals surface area contributed by atoms with Crippen LogP contribution in [-0.4, -0.2) is 23.6 Å². The third kappa shape index (κ3) is 4.60. The number of aryl methyl sites for hydroxylation is 1. The SMILES string of the molecule is Cc1nc(CNCc2cccc(NC(=O)[C@H]3CCCO3)c2)cs1. The molecule has 1 aliphatic rings. The molecule has 6 heteroatoms. The highest BCUT2D eigenvalue weighted by Crippen LogP contribution is 2.16. The van der Waals surface area contributed by atoms with Crippen LogP contribution in [0.5, 0.6) is 0 Å². The third-order valence-corrected chi connectivity index (χ3v) is 4.54. The molecule has 0 bridgehead atoms. The number of benzene rings is 1. The molecule has 0 spiro atoms. The van der Waals surface area contributed by atoms with Gasteiger partial charge < -0.3 is 15.4 Å². The Morgan fingerprint density at radius 3 is 3.09 bits per heavy atom. The Labute approximate surface area is 140 Å². The number of thiazole rings is 1. The summed E-state index contributed by atoms with van der Waals surface area (Å²) in [5, 5.41) is 9.46. The van der Waals surface area contributed by atoms with E-state index >= 15 is 0 Å². The summed E-state index contributed by atoms with van der Waals surface area (Å²) in [6, 6.07) is 7.89. The van der Waals surface area contributed by atoms with E-state index in [0.717, 1.165) is 47.9 Å². The summed E-state index contributed by atoms with van der Waals surface area (Å²) >= 11 is 1.66. The van der Waals surface area contributed by atoms with Crippen LogP contribution < -0.4 is 10.6 Å². The Bertz CT molecular complexity index is 665. The van der Waals surface area contributed by atoms with Crippen LogP contribution in [0.4, 0.5) is 5.69 Å². The number of carbonyl (C=O) groups excluding carboxylic acids is 1. The number of hydrogen-bond donors (Lipinski definition) is 2. The summed E-state index contributed by atoms with van der Waals surface area (Å²) in [5.41, 5.74) is 3.01. The topological polar surface area (TPSA) is 63.2 Å². The summed E-state index contributed by atoms with van der Waals surface area (Å²) in [7, 11) is 0. The molecule has 0 saturated carbocycles. The van der Waals surface area contributed by atoms with E-state index in [1.54, 1.807) is 11.3 Å². The van der Waals surface area contributed by atoms with Crippen molar-refractivity contribution in [3.05, 3.63) is 45.9 Å². The first-order valence-electron chi connectivity index (χ1n) is 7.84. The molecule has 0 unspecified atom stereocenters. The molecular weight excluding hydrogens is 310 g/mol. The first kappa shape index (κ1) is 16.1. The number of carbonyl (C=O) groups is 1. The summed E-state index contributed by atoms with van der Waals surface area (Å²) < 4.78 is 5.40. The van der Waals surface area contributed by atoms with Crippen LogP contribution in [0.25, 0.3) is 0 Å². The molecule has 3 rings (SSSR count). The van der Waals surface area contributed by atoms with Crippen molar-refractivity contribution in [1.82, 2.24) is 10.3 Å². The minimum absolute atomic E-state index is 0.0504. The fourth-order valence-electron chi connectivity index (χ4n) is 2.59. The molecule has 1 fully saturated rings. The van der Waals surface area contributed by atoms with Gasteiger partial charge in [0.2, 0.25) is 0 Å². The second kappa shape index (κ2) is 7.68. The van der Waals surface area contributed by atoms with Gasteiger partial charge in [-0.2, -0.15) is 0 Å². The van der Waals surface area contributed by atoms with Crippen molar-refractivity contribution in [3.63, 3.8) is 0 Å². The van der Waals surface area contributed by atoms with E-state index in [4.69, 9.17) is 4.74 Å². The summed E-state index contributed by atoms with van der Waals surface area (Å²) in [5.74, 6) is -0.0504. The molecule has 0 radical (unpaired) electrons. The normalized spacial score (nSPS) is 17.3. The molecule has 1 aliphatic heterocycles. The maximum atomic E-state index is 12.1. The largest absolute Gasteiger partial charge is 0.368 e. The molecule has 2 aromatic rings. The van der Waals surface area contributed by atoms with Crippen molar-refractivity contribution >= 4 is 22.9 Å². The second-order valence-electron chi connectivity index (χ2n) is 5.65. The smallest absolute Gasteiger partial charge is 0.253 e. The van der Waals surface area contributed by atoms with Gasteiger partial charge in [-0.15, -0.1) is 11.3 Å². The maximum absolute atomic E-state index is 12.1. The fourth-order valence-corrected chi connectivity index (χ4v) is 3.20. The average molecular weight is 331 g/mol. The van der Waals surface area contributed by atoms with Crippen LogP contribution in [0.15, 0.2) is 29.6 Å². The van der Waals surface area contributed by atoms with Gasteiger partial charge in [-0.3, -0.25) is 4.79 Å². The van der Waals surface area contributed by atoms with Gasteiger partial charge >= 0.3 is 0 Å². The van der Waals surface area contributed by atoms with Gasteiger partial charge in [0.25, 0.3) is 5.91 Å². The van der Waals surface area contributed by atoms with Crippen molar-refractivity contribution in [3.8, 4) is 0 Å². The lowest BCUT2D eigenvalue weighted by Crippen LogP contribution is -2.26. The van der Waals surface area contributed by atoms with Gasteiger partial charge in [0.1, 0.15) is 6.10 Å². The molecule has 2 heterocycles. The minimum atomic E-state index is -0.301. The van der Waals surface area contributed by atoms with E-state index in [9.17, 15) is 4.79 Å². The number of aromatic nitrogens is 1. The first-order chi connectivity index (χ1) is 11.2. The van der Waals surface area contributed by atoms with E-state index < -0.39 is 0 Å². The molecule has 1 atom stereocenters. The molecule has 5 nitrogen and oxygen atoms in total. The number of amides is 1. The van der Waals surface area contributed by atoms with E-state index in [0.29, 0.717) is 6.61 Å². The van der Waals surface area contributed by atoms with Crippen molar-refractivity contribution in [2.24, 2.45) is 0 Å². The Kier molecular flexibility index (Phi) is 5.38. The van der Waals surface area contributed by atoms with Crippen LogP contribution in [0.2, 0.25) is 0 Å². The molecule has 122 valence electrons. The highest BCUT2D eigenvalue weighted by molar-refractivity contribution is 7.09. The Hall–Kier alpha value is -1.76. The lowest BCUT2D eigenvalue weighted by Gasteiger charge is -2.11. The number of nitrogens with zero attached hydrogens (tertiary/aromatic N) is 1. The summed E-state index contributed by atoms with van der Waals surface area (Å²) in [6.45, 7) is 4.17. The van der Waals surface area contributed by atoms with Gasteiger partial charge in [0.05, 0.1) is 10.7 Å². The summed E-state index contributed by atoms with van der Waals surface area (Å²) in [6.07, 6.45) is 1.46. The highest BCUT2D eigenvalue weighted by Gasteiger charge is 2.23. The fraction of sp³-hybridized carbons (Fsp3) is 0.412. The molecule has 1 aromatic carbocycles. The van der Waals surface area contributed by atoms with Crippen LogP contribution in [-0.2, 0) is 22.6 Å². The first-order valence-corrected chi connectivity index (χ1v) is 8.72. The zero-order valence-electron chi connectivity index (χ0n) is 13.2. The predicted octanol–water partition coefficient (Wildman–Crippen LogP) is 2.86. The lowest BCUT2D eigenvalue weighted by atomic mass is 10.2. The van der Waals surface area contributed by atoms with Crippen molar-refractivity contribution in [2.75, 3.05) is 11.9 Å². The van der Waals surface area contributed by atoms with E-state index in [1.807, 2.05) is 31.2 Å². The average Bonchev–Trinajstić information content (AvgIpc) is 3.19. The number of hydrogen-bond acceptors (Lipinski definition) is 5. The Morgan fingerprint density at radius 1 is 1.43 bits per heavy atom. The highest BCUT2D eigenvalue weighted by atomic mass is 32.1. The van der Waals surface area contributed by atoms with E-state index in [1.165, 1.54) is 0 Å². The maximum Gasteiger partial charge on any atom is 0.253 e. The standard InChI is InChI=1S/C17H21N3O2S/c1-12-19-15(11-23-12)10-18-9-13-4-2-5-14(8-13)20-17(21)16-6-3-7-22-16/h2,4-5,8,11,16,18H,3,6-7,9-10H2,1H3,(H,20,21)/t16-/m1/s1. The van der Waals surface area contributed by atoms with Gasteiger partial charge in [-0.25, -0.2) is 4.98 Å². The van der Waals surface area contributed by atoms with Gasteiger partial charge in [0, 0.05) is 30.8 Å². The quantitative estimate of drug-likeness (QED) is 0.854. The monoisotopic (exact) mass is 331 g/mol. The van der Waals surface area contributed by atoms with Crippen LogP contribution in [0.1, 0.15) is 29.1 Å². The van der Waals surface area contributed by atoms with Crippen molar-refractivity contribution in [2.45, 2.75) is 39.0 Å². The molecule has 1 saturated heterocycles.